The van der Waals surface area contributed by atoms with Crippen molar-refractivity contribution in [1.29, 1.82) is 0 Å². The van der Waals surface area contributed by atoms with Gasteiger partial charge in [0.2, 0.25) is 5.91 Å². The molecule has 0 aromatic heterocycles. The lowest BCUT2D eigenvalue weighted by Gasteiger charge is -2.14. The van der Waals surface area contributed by atoms with Gasteiger partial charge in [-0.2, -0.15) is 0 Å². The summed E-state index contributed by atoms with van der Waals surface area (Å²) in [6.07, 6.45) is 0.667. The van der Waals surface area contributed by atoms with Crippen LogP contribution in [0, 0.1) is 5.92 Å². The van der Waals surface area contributed by atoms with Crippen molar-refractivity contribution >= 4 is 17.6 Å². The number of carbonyl (C=O) groups excluding carboxylic acids is 1. The highest BCUT2D eigenvalue weighted by molar-refractivity contribution is 5.93. The van der Waals surface area contributed by atoms with Gasteiger partial charge in [-0.3, -0.25) is 4.79 Å². The Balaban J connectivity index is 1.90. The maximum absolute atomic E-state index is 12.0. The van der Waals surface area contributed by atoms with E-state index >= 15 is 0 Å². The van der Waals surface area contributed by atoms with Crippen LogP contribution in [0.1, 0.15) is 13.3 Å². The highest BCUT2D eigenvalue weighted by Crippen LogP contribution is 2.23. The fourth-order valence-electron chi connectivity index (χ4n) is 2.09. The predicted octanol–water partition coefficient (Wildman–Crippen LogP) is 1.51. The van der Waals surface area contributed by atoms with E-state index in [9.17, 15) is 9.59 Å². The van der Waals surface area contributed by atoms with E-state index in [4.69, 9.17) is 14.6 Å². The maximum Gasteiger partial charge on any atom is 0.341 e. The Morgan fingerprint density at radius 2 is 2.10 bits per heavy atom. The lowest BCUT2D eigenvalue weighted by Crippen LogP contribution is -2.27. The summed E-state index contributed by atoms with van der Waals surface area (Å²) in [5.41, 5.74) is 0.650. The van der Waals surface area contributed by atoms with E-state index < -0.39 is 5.97 Å². The molecule has 1 heterocycles. The van der Waals surface area contributed by atoms with Crippen molar-refractivity contribution in [3.05, 3.63) is 24.3 Å². The van der Waals surface area contributed by atoms with E-state index in [0.717, 1.165) is 6.42 Å². The number of hydrogen-bond donors (Lipinski definition) is 2. The monoisotopic (exact) mass is 279 g/mol. The van der Waals surface area contributed by atoms with Crippen LogP contribution in [-0.2, 0) is 14.3 Å². The molecule has 0 saturated carbocycles. The molecule has 0 spiro atoms. The summed E-state index contributed by atoms with van der Waals surface area (Å²) in [5, 5.41) is 11.3. The van der Waals surface area contributed by atoms with Crippen LogP contribution in [-0.4, -0.2) is 36.3 Å². The van der Waals surface area contributed by atoms with Crippen LogP contribution in [0.4, 0.5) is 5.69 Å². The molecule has 1 aliphatic rings. The zero-order valence-corrected chi connectivity index (χ0v) is 11.2. The SMILES string of the molecule is CC1OCCC1C(=O)Nc1ccc(OCC(=O)O)cc1. The molecule has 2 rings (SSSR count). The van der Waals surface area contributed by atoms with E-state index in [0.29, 0.717) is 18.0 Å². The predicted molar refractivity (Wildman–Crippen MR) is 71.7 cm³/mol. The number of benzene rings is 1. The summed E-state index contributed by atoms with van der Waals surface area (Å²) in [7, 11) is 0. The van der Waals surface area contributed by atoms with E-state index in [1.165, 1.54) is 0 Å². The molecule has 6 nitrogen and oxygen atoms in total. The lowest BCUT2D eigenvalue weighted by molar-refractivity contribution is -0.139. The van der Waals surface area contributed by atoms with Crippen LogP contribution in [0.5, 0.6) is 5.75 Å². The quantitative estimate of drug-likeness (QED) is 0.853. The zero-order valence-electron chi connectivity index (χ0n) is 11.2. The van der Waals surface area contributed by atoms with Crippen molar-refractivity contribution in [2.24, 2.45) is 5.92 Å². The first-order valence-corrected chi connectivity index (χ1v) is 6.43. The Labute approximate surface area is 116 Å². The Morgan fingerprint density at radius 3 is 2.65 bits per heavy atom. The number of carboxylic acids is 1. The molecule has 1 aromatic rings. The highest BCUT2D eigenvalue weighted by Gasteiger charge is 2.30. The Bertz CT molecular complexity index is 485. The average molecular weight is 279 g/mol. The molecule has 6 heteroatoms. The van der Waals surface area contributed by atoms with Gasteiger partial charge in [0.1, 0.15) is 5.75 Å². The minimum atomic E-state index is -1.03. The van der Waals surface area contributed by atoms with Gasteiger partial charge in [0.25, 0.3) is 0 Å². The van der Waals surface area contributed by atoms with Gasteiger partial charge < -0.3 is 19.9 Å². The molecule has 0 bridgehead atoms. The summed E-state index contributed by atoms with van der Waals surface area (Å²) in [4.78, 5) is 22.4. The third-order valence-electron chi connectivity index (χ3n) is 3.20. The topological polar surface area (TPSA) is 84.9 Å². The molecular formula is C14H17NO5. The Morgan fingerprint density at radius 1 is 1.40 bits per heavy atom. The molecule has 1 saturated heterocycles. The van der Waals surface area contributed by atoms with Gasteiger partial charge >= 0.3 is 5.97 Å². The second kappa shape index (κ2) is 6.38. The van der Waals surface area contributed by atoms with Gasteiger partial charge in [-0.15, -0.1) is 0 Å². The van der Waals surface area contributed by atoms with Crippen LogP contribution in [0.15, 0.2) is 24.3 Å². The lowest BCUT2D eigenvalue weighted by atomic mass is 10.0. The first kappa shape index (κ1) is 14.3. The van der Waals surface area contributed by atoms with Crippen molar-refractivity contribution in [3.63, 3.8) is 0 Å². The van der Waals surface area contributed by atoms with Crippen LogP contribution in [0.25, 0.3) is 0 Å². The van der Waals surface area contributed by atoms with Crippen LogP contribution >= 0.6 is 0 Å². The summed E-state index contributed by atoms with van der Waals surface area (Å²) in [6.45, 7) is 2.12. The van der Waals surface area contributed by atoms with Crippen molar-refractivity contribution in [2.45, 2.75) is 19.4 Å². The molecule has 2 N–H and O–H groups in total. The highest BCUT2D eigenvalue weighted by atomic mass is 16.5. The van der Waals surface area contributed by atoms with E-state index in [1.54, 1.807) is 24.3 Å². The normalized spacial score (nSPS) is 21.4. The van der Waals surface area contributed by atoms with Gasteiger partial charge in [0.05, 0.1) is 12.0 Å². The first-order valence-electron chi connectivity index (χ1n) is 6.43. The molecule has 0 radical (unpaired) electrons. The Hall–Kier alpha value is -2.08. The summed E-state index contributed by atoms with van der Waals surface area (Å²) >= 11 is 0. The summed E-state index contributed by atoms with van der Waals surface area (Å²) in [6, 6.07) is 6.59. The fraction of sp³-hybridized carbons (Fsp3) is 0.429. The van der Waals surface area contributed by atoms with Crippen molar-refractivity contribution in [3.8, 4) is 5.75 Å². The second-order valence-electron chi connectivity index (χ2n) is 4.67. The average Bonchev–Trinajstić information content (AvgIpc) is 2.84. The number of nitrogens with one attached hydrogen (secondary N) is 1. The number of aliphatic carboxylic acids is 1. The summed E-state index contributed by atoms with van der Waals surface area (Å²) < 4.78 is 10.4. The van der Waals surface area contributed by atoms with E-state index in [-0.39, 0.29) is 24.5 Å². The fourth-order valence-corrected chi connectivity index (χ4v) is 2.09. The molecule has 2 atom stereocenters. The third-order valence-corrected chi connectivity index (χ3v) is 3.20. The van der Waals surface area contributed by atoms with Crippen molar-refractivity contribution < 1.29 is 24.2 Å². The molecule has 1 aliphatic heterocycles. The molecule has 1 aromatic carbocycles. The minimum Gasteiger partial charge on any atom is -0.482 e. The first-order chi connectivity index (χ1) is 9.56. The number of amides is 1. The smallest absolute Gasteiger partial charge is 0.341 e. The number of rotatable bonds is 5. The molecular weight excluding hydrogens is 262 g/mol. The largest absolute Gasteiger partial charge is 0.482 e. The van der Waals surface area contributed by atoms with Crippen LogP contribution in [0.2, 0.25) is 0 Å². The van der Waals surface area contributed by atoms with E-state index in [1.807, 2.05) is 6.92 Å². The van der Waals surface area contributed by atoms with Gasteiger partial charge in [-0.1, -0.05) is 0 Å². The maximum atomic E-state index is 12.0. The van der Waals surface area contributed by atoms with Gasteiger partial charge in [-0.05, 0) is 37.6 Å². The molecule has 20 heavy (non-hydrogen) atoms. The number of carbonyl (C=O) groups is 2. The molecule has 1 amide bonds. The molecule has 0 aliphatic carbocycles. The van der Waals surface area contributed by atoms with Gasteiger partial charge in [-0.25, -0.2) is 4.79 Å². The standard InChI is InChI=1S/C14H17NO5/c1-9-12(6-7-19-9)14(18)15-10-2-4-11(5-3-10)20-8-13(16)17/h2-5,9,12H,6-8H2,1H3,(H,15,18)(H,16,17). The van der Waals surface area contributed by atoms with Crippen LogP contribution in [0.3, 0.4) is 0 Å². The van der Waals surface area contributed by atoms with Gasteiger partial charge in [0, 0.05) is 12.3 Å². The van der Waals surface area contributed by atoms with Gasteiger partial charge in [0.15, 0.2) is 6.61 Å². The van der Waals surface area contributed by atoms with Crippen molar-refractivity contribution in [2.75, 3.05) is 18.5 Å². The number of hydrogen-bond acceptors (Lipinski definition) is 4. The number of carboxylic acid groups (broad SMARTS) is 1. The Kier molecular flexibility index (Phi) is 4.57. The van der Waals surface area contributed by atoms with Crippen molar-refractivity contribution in [1.82, 2.24) is 0 Å². The van der Waals surface area contributed by atoms with E-state index in [2.05, 4.69) is 5.32 Å². The number of ether oxygens (including phenoxy) is 2. The second-order valence-corrected chi connectivity index (χ2v) is 4.67. The third kappa shape index (κ3) is 3.71. The summed E-state index contributed by atoms with van der Waals surface area (Å²) in [5.74, 6) is -0.771. The minimum absolute atomic E-state index is 0.0609. The molecule has 108 valence electrons. The van der Waals surface area contributed by atoms with Crippen LogP contribution < -0.4 is 10.1 Å². The number of anilines is 1. The zero-order chi connectivity index (χ0) is 14.5. The molecule has 2 unspecified atom stereocenters. The molecule has 1 fully saturated rings.